The van der Waals surface area contributed by atoms with Crippen LogP contribution < -0.4 is 5.32 Å². The van der Waals surface area contributed by atoms with Gasteiger partial charge in [-0.15, -0.1) is 0 Å². The van der Waals surface area contributed by atoms with Crippen molar-refractivity contribution in [3.05, 3.63) is 35.6 Å². The Bertz CT molecular complexity index is 725. The monoisotopic (exact) mass is 376 g/mol. The van der Waals surface area contributed by atoms with Gasteiger partial charge in [0.15, 0.2) is 0 Å². The van der Waals surface area contributed by atoms with Crippen LogP contribution in [0.25, 0.3) is 0 Å². The molecule has 2 heterocycles. The van der Waals surface area contributed by atoms with Crippen LogP contribution in [0.1, 0.15) is 25.3 Å². The van der Waals surface area contributed by atoms with Crippen molar-refractivity contribution < 1.29 is 18.8 Å². The summed E-state index contributed by atoms with van der Waals surface area (Å²) >= 11 is 0. The molecular weight excluding hydrogens is 351 g/mol. The Kier molecular flexibility index (Phi) is 6.39. The number of halogens is 1. The molecule has 0 spiro atoms. The lowest BCUT2D eigenvalue weighted by molar-refractivity contribution is -0.141. The highest BCUT2D eigenvalue weighted by Gasteiger charge is 2.33. The Hall–Kier alpha value is -2.48. The molecule has 146 valence electrons. The van der Waals surface area contributed by atoms with E-state index >= 15 is 0 Å². The van der Waals surface area contributed by atoms with E-state index in [2.05, 4.69) is 15.4 Å². The Morgan fingerprint density at radius 3 is 2.93 bits per heavy atom. The summed E-state index contributed by atoms with van der Waals surface area (Å²) in [6.45, 7) is 5.45. The molecule has 1 N–H and O–H groups in total. The maximum absolute atomic E-state index is 13.4. The number of hydrogen-bond donors (Lipinski definition) is 1. The van der Waals surface area contributed by atoms with Gasteiger partial charge in [-0.25, -0.2) is 4.39 Å². The van der Waals surface area contributed by atoms with Gasteiger partial charge in [0.25, 0.3) is 5.91 Å². The van der Waals surface area contributed by atoms with Crippen molar-refractivity contribution in [2.24, 2.45) is 5.16 Å². The van der Waals surface area contributed by atoms with Crippen LogP contribution in [0.4, 0.5) is 4.39 Å². The third kappa shape index (κ3) is 5.03. The van der Waals surface area contributed by atoms with Gasteiger partial charge >= 0.3 is 0 Å². The van der Waals surface area contributed by atoms with Crippen LogP contribution in [-0.4, -0.2) is 72.7 Å². The molecular formula is C19H25FN4O3. The summed E-state index contributed by atoms with van der Waals surface area (Å²) in [6, 6.07) is 6.12. The van der Waals surface area contributed by atoms with E-state index in [0.29, 0.717) is 50.4 Å². The number of amides is 2. The van der Waals surface area contributed by atoms with Crippen LogP contribution in [0.2, 0.25) is 0 Å². The SMILES string of the molecule is CCNC(=O)CN1CCCN(C(=O)C2CC(c3cccc(F)c3)=NO2)CC1. The largest absolute Gasteiger partial charge is 0.382 e. The highest BCUT2D eigenvalue weighted by atomic mass is 19.1. The van der Waals surface area contributed by atoms with Gasteiger partial charge in [-0.2, -0.15) is 0 Å². The quantitative estimate of drug-likeness (QED) is 0.832. The summed E-state index contributed by atoms with van der Waals surface area (Å²) in [5, 5.41) is 6.78. The van der Waals surface area contributed by atoms with Gasteiger partial charge in [-0.3, -0.25) is 14.5 Å². The topological polar surface area (TPSA) is 74.2 Å². The van der Waals surface area contributed by atoms with Gasteiger partial charge in [0.05, 0.1) is 12.3 Å². The van der Waals surface area contributed by atoms with Crippen molar-refractivity contribution in [2.45, 2.75) is 25.9 Å². The van der Waals surface area contributed by atoms with Gasteiger partial charge in [0.1, 0.15) is 5.82 Å². The van der Waals surface area contributed by atoms with E-state index in [-0.39, 0.29) is 17.6 Å². The molecule has 0 bridgehead atoms. The van der Waals surface area contributed by atoms with Crippen LogP contribution in [0.3, 0.4) is 0 Å². The molecule has 2 aliphatic rings. The molecule has 2 aliphatic heterocycles. The highest BCUT2D eigenvalue weighted by molar-refractivity contribution is 6.04. The number of hydrogen-bond acceptors (Lipinski definition) is 5. The van der Waals surface area contributed by atoms with E-state index in [9.17, 15) is 14.0 Å². The van der Waals surface area contributed by atoms with Crippen molar-refractivity contribution in [1.82, 2.24) is 15.1 Å². The Morgan fingerprint density at radius 1 is 1.30 bits per heavy atom. The smallest absolute Gasteiger partial charge is 0.266 e. The first kappa shape index (κ1) is 19.3. The van der Waals surface area contributed by atoms with Crippen LogP contribution in [0.15, 0.2) is 29.4 Å². The van der Waals surface area contributed by atoms with Crippen molar-refractivity contribution in [3.63, 3.8) is 0 Å². The molecule has 0 aromatic heterocycles. The van der Waals surface area contributed by atoms with Crippen molar-refractivity contribution in [3.8, 4) is 0 Å². The number of rotatable bonds is 5. The summed E-state index contributed by atoms with van der Waals surface area (Å²) in [5.74, 6) is -0.445. The zero-order chi connectivity index (χ0) is 19.2. The van der Waals surface area contributed by atoms with Crippen molar-refractivity contribution in [2.75, 3.05) is 39.3 Å². The lowest BCUT2D eigenvalue weighted by atomic mass is 10.0. The standard InChI is InChI=1S/C19H25FN4O3/c1-2-21-18(25)13-23-7-4-8-24(10-9-23)19(26)17-12-16(22-27-17)14-5-3-6-15(20)11-14/h3,5-6,11,17H,2,4,7-10,12-13H2,1H3,(H,21,25). The molecule has 3 rings (SSSR count). The fraction of sp³-hybridized carbons (Fsp3) is 0.526. The molecule has 1 atom stereocenters. The van der Waals surface area contributed by atoms with E-state index in [0.717, 1.165) is 13.0 Å². The van der Waals surface area contributed by atoms with E-state index in [4.69, 9.17) is 4.84 Å². The van der Waals surface area contributed by atoms with E-state index < -0.39 is 6.10 Å². The molecule has 0 radical (unpaired) electrons. The minimum atomic E-state index is -0.668. The second kappa shape index (κ2) is 8.94. The van der Waals surface area contributed by atoms with Crippen molar-refractivity contribution in [1.29, 1.82) is 0 Å². The minimum Gasteiger partial charge on any atom is -0.382 e. The molecule has 1 fully saturated rings. The number of benzene rings is 1. The lowest BCUT2D eigenvalue weighted by Gasteiger charge is -2.23. The number of carbonyl (C=O) groups excluding carboxylic acids is 2. The predicted octanol–water partition coefficient (Wildman–Crippen LogP) is 0.989. The molecule has 7 nitrogen and oxygen atoms in total. The first-order valence-electron chi connectivity index (χ1n) is 9.33. The van der Waals surface area contributed by atoms with Crippen LogP contribution in [0, 0.1) is 5.82 Å². The highest BCUT2D eigenvalue weighted by Crippen LogP contribution is 2.20. The second-order valence-corrected chi connectivity index (χ2v) is 6.75. The lowest BCUT2D eigenvalue weighted by Crippen LogP contribution is -2.42. The van der Waals surface area contributed by atoms with E-state index in [1.807, 2.05) is 6.92 Å². The minimum absolute atomic E-state index is 0.00420. The third-order valence-electron chi connectivity index (χ3n) is 4.74. The second-order valence-electron chi connectivity index (χ2n) is 6.75. The number of nitrogens with zero attached hydrogens (tertiary/aromatic N) is 3. The molecule has 0 saturated carbocycles. The summed E-state index contributed by atoms with van der Waals surface area (Å²) < 4.78 is 13.4. The zero-order valence-corrected chi connectivity index (χ0v) is 15.5. The summed E-state index contributed by atoms with van der Waals surface area (Å²) in [6.07, 6.45) is 0.467. The van der Waals surface area contributed by atoms with Gasteiger partial charge in [0, 0.05) is 44.7 Å². The predicted molar refractivity (Wildman–Crippen MR) is 98.7 cm³/mol. The number of oxime groups is 1. The molecule has 27 heavy (non-hydrogen) atoms. The van der Waals surface area contributed by atoms with Crippen LogP contribution in [0.5, 0.6) is 0 Å². The average Bonchev–Trinajstić information content (AvgIpc) is 3.03. The molecule has 1 aromatic rings. The Labute approximate surface area is 158 Å². The zero-order valence-electron chi connectivity index (χ0n) is 15.5. The third-order valence-corrected chi connectivity index (χ3v) is 4.74. The normalized spacial score (nSPS) is 20.6. The summed E-state index contributed by atoms with van der Waals surface area (Å²) in [5.41, 5.74) is 1.22. The first-order chi connectivity index (χ1) is 13.1. The van der Waals surface area contributed by atoms with Gasteiger partial charge < -0.3 is 15.1 Å². The average molecular weight is 376 g/mol. The fourth-order valence-electron chi connectivity index (χ4n) is 3.36. The molecule has 2 amide bonds. The first-order valence-corrected chi connectivity index (χ1v) is 9.33. The molecule has 0 aliphatic carbocycles. The van der Waals surface area contributed by atoms with E-state index in [1.54, 1.807) is 17.0 Å². The maximum atomic E-state index is 13.4. The van der Waals surface area contributed by atoms with Gasteiger partial charge in [-0.1, -0.05) is 17.3 Å². The number of carbonyl (C=O) groups is 2. The molecule has 8 heteroatoms. The molecule has 1 unspecified atom stereocenters. The van der Waals surface area contributed by atoms with Crippen molar-refractivity contribution >= 4 is 17.5 Å². The fourth-order valence-corrected chi connectivity index (χ4v) is 3.36. The Morgan fingerprint density at radius 2 is 2.15 bits per heavy atom. The number of likely N-dealkylation sites (N-methyl/N-ethyl adjacent to an activating group) is 1. The van der Waals surface area contributed by atoms with Gasteiger partial charge in [-0.05, 0) is 25.5 Å². The molecule has 1 aromatic carbocycles. The Balaban J connectivity index is 1.52. The number of nitrogens with one attached hydrogen (secondary N) is 1. The maximum Gasteiger partial charge on any atom is 0.266 e. The summed E-state index contributed by atoms with van der Waals surface area (Å²) in [7, 11) is 0. The van der Waals surface area contributed by atoms with Crippen LogP contribution in [-0.2, 0) is 14.4 Å². The molecule has 1 saturated heterocycles. The summed E-state index contributed by atoms with van der Waals surface area (Å²) in [4.78, 5) is 33.7. The van der Waals surface area contributed by atoms with Gasteiger partial charge in [0.2, 0.25) is 12.0 Å². The van der Waals surface area contributed by atoms with Crippen LogP contribution >= 0.6 is 0 Å². The van der Waals surface area contributed by atoms with E-state index in [1.165, 1.54) is 12.1 Å².